The minimum atomic E-state index is -0.586. The molecule has 1 amide bonds. The summed E-state index contributed by atoms with van der Waals surface area (Å²) in [7, 11) is 0. The van der Waals surface area contributed by atoms with Crippen LogP contribution in [0.4, 0.5) is 4.79 Å². The molecule has 23 heavy (non-hydrogen) atoms. The van der Waals surface area contributed by atoms with Gasteiger partial charge in [-0.15, -0.1) is 0 Å². The molecule has 0 aromatic heterocycles. The third-order valence-corrected chi connectivity index (χ3v) is 4.06. The number of hydrogen-bond acceptors (Lipinski definition) is 5. The lowest BCUT2D eigenvalue weighted by Crippen LogP contribution is -2.42. The molecule has 128 valence electrons. The van der Waals surface area contributed by atoms with E-state index in [0.717, 1.165) is 5.56 Å². The fourth-order valence-electron chi connectivity index (χ4n) is 2.98. The quantitative estimate of drug-likeness (QED) is 0.791. The number of hydrogen-bond donors (Lipinski definition) is 3. The molecule has 1 aromatic rings. The molecule has 0 unspecified atom stereocenters. The van der Waals surface area contributed by atoms with Gasteiger partial charge in [-0.05, 0) is 44.9 Å². The molecule has 1 saturated heterocycles. The molecule has 0 aliphatic carbocycles. The lowest BCUT2D eigenvalue weighted by atomic mass is 9.91. The molecule has 6 heteroatoms. The van der Waals surface area contributed by atoms with E-state index in [4.69, 9.17) is 4.74 Å². The first kappa shape index (κ1) is 17.6. The van der Waals surface area contributed by atoms with Gasteiger partial charge in [0.1, 0.15) is 11.4 Å². The monoisotopic (exact) mass is 323 g/mol. The van der Waals surface area contributed by atoms with E-state index < -0.39 is 11.7 Å². The van der Waals surface area contributed by atoms with Crippen LogP contribution in [0.2, 0.25) is 0 Å². The van der Waals surface area contributed by atoms with Crippen LogP contribution in [0.15, 0.2) is 18.2 Å². The third-order valence-electron chi connectivity index (χ3n) is 4.06. The molecule has 0 spiro atoms. The highest BCUT2D eigenvalue weighted by atomic mass is 16.6. The molecule has 3 N–H and O–H groups in total. The SMILES string of the molecule is CC(C)(C)OC(=O)N1CC[C@H](c2ccc(O)c(CO)c2)[C@H]1CO. The van der Waals surface area contributed by atoms with E-state index in [9.17, 15) is 20.1 Å². The topological polar surface area (TPSA) is 90.2 Å². The summed E-state index contributed by atoms with van der Waals surface area (Å²) in [5, 5.41) is 28.7. The third kappa shape index (κ3) is 3.95. The van der Waals surface area contributed by atoms with Crippen molar-refractivity contribution in [3.8, 4) is 5.75 Å². The Balaban J connectivity index is 2.20. The number of phenols is 1. The number of ether oxygens (including phenoxy) is 1. The van der Waals surface area contributed by atoms with Gasteiger partial charge >= 0.3 is 6.09 Å². The number of aliphatic hydroxyl groups is 2. The zero-order valence-corrected chi connectivity index (χ0v) is 13.8. The first-order valence-corrected chi connectivity index (χ1v) is 7.80. The van der Waals surface area contributed by atoms with Gasteiger partial charge in [0.25, 0.3) is 0 Å². The van der Waals surface area contributed by atoms with Crippen molar-refractivity contribution in [1.82, 2.24) is 4.90 Å². The number of likely N-dealkylation sites (tertiary alicyclic amines) is 1. The maximum absolute atomic E-state index is 12.3. The van der Waals surface area contributed by atoms with Crippen LogP contribution in [0, 0.1) is 0 Å². The molecule has 1 aliphatic rings. The Kier molecular flexibility index (Phi) is 5.16. The van der Waals surface area contributed by atoms with Gasteiger partial charge in [0, 0.05) is 18.0 Å². The summed E-state index contributed by atoms with van der Waals surface area (Å²) < 4.78 is 5.40. The fraction of sp³-hybridized carbons (Fsp3) is 0.588. The van der Waals surface area contributed by atoms with Crippen molar-refractivity contribution in [3.63, 3.8) is 0 Å². The van der Waals surface area contributed by atoms with Crippen molar-refractivity contribution < 1.29 is 24.9 Å². The van der Waals surface area contributed by atoms with Crippen molar-refractivity contribution in [2.45, 2.75) is 51.4 Å². The van der Waals surface area contributed by atoms with E-state index in [1.54, 1.807) is 37.8 Å². The van der Waals surface area contributed by atoms with E-state index in [1.807, 2.05) is 0 Å². The zero-order chi connectivity index (χ0) is 17.2. The van der Waals surface area contributed by atoms with E-state index in [1.165, 1.54) is 6.07 Å². The normalized spacial score (nSPS) is 21.5. The van der Waals surface area contributed by atoms with Crippen molar-refractivity contribution in [2.75, 3.05) is 13.2 Å². The second-order valence-corrected chi connectivity index (χ2v) is 6.87. The predicted molar refractivity (Wildman–Crippen MR) is 85.2 cm³/mol. The minimum absolute atomic E-state index is 0.0405. The van der Waals surface area contributed by atoms with Crippen LogP contribution in [-0.4, -0.2) is 51.1 Å². The molecule has 0 bridgehead atoms. The number of benzene rings is 1. The Bertz CT molecular complexity index is 567. The highest BCUT2D eigenvalue weighted by Gasteiger charge is 2.39. The molecule has 1 aliphatic heterocycles. The summed E-state index contributed by atoms with van der Waals surface area (Å²) in [6, 6.07) is 4.65. The van der Waals surface area contributed by atoms with Crippen LogP contribution in [0.3, 0.4) is 0 Å². The van der Waals surface area contributed by atoms with E-state index in [0.29, 0.717) is 18.5 Å². The number of aromatic hydroxyl groups is 1. The maximum atomic E-state index is 12.3. The lowest BCUT2D eigenvalue weighted by molar-refractivity contribution is 0.0165. The van der Waals surface area contributed by atoms with Gasteiger partial charge in [0.15, 0.2) is 0 Å². The van der Waals surface area contributed by atoms with Crippen molar-refractivity contribution in [3.05, 3.63) is 29.3 Å². The predicted octanol–water partition coefficient (Wildman–Crippen LogP) is 1.97. The zero-order valence-electron chi connectivity index (χ0n) is 13.8. The first-order valence-electron chi connectivity index (χ1n) is 7.80. The first-order chi connectivity index (χ1) is 10.8. The van der Waals surface area contributed by atoms with Crippen molar-refractivity contribution in [1.29, 1.82) is 0 Å². The van der Waals surface area contributed by atoms with Gasteiger partial charge in [0.2, 0.25) is 0 Å². The van der Waals surface area contributed by atoms with Crippen molar-refractivity contribution in [2.24, 2.45) is 0 Å². The number of nitrogens with zero attached hydrogens (tertiary/aromatic N) is 1. The summed E-state index contributed by atoms with van der Waals surface area (Å²) in [5.41, 5.74) is 0.740. The molecule has 1 aromatic carbocycles. The van der Waals surface area contributed by atoms with Crippen LogP contribution < -0.4 is 0 Å². The summed E-state index contributed by atoms with van der Waals surface area (Å²) in [5.74, 6) is -0.0165. The molecule has 2 atom stereocenters. The molecule has 1 fully saturated rings. The van der Waals surface area contributed by atoms with E-state index in [-0.39, 0.29) is 30.9 Å². The minimum Gasteiger partial charge on any atom is -0.508 e. The number of amides is 1. The van der Waals surface area contributed by atoms with Crippen LogP contribution in [0.25, 0.3) is 0 Å². The van der Waals surface area contributed by atoms with Crippen molar-refractivity contribution >= 4 is 6.09 Å². The standard InChI is InChI=1S/C17H25NO5/c1-17(2,3)23-16(22)18-7-6-13(14(18)10-20)11-4-5-15(21)12(8-11)9-19/h4-5,8,13-14,19-21H,6-7,9-10H2,1-3H3/t13-,14-/m1/s1. The number of rotatable bonds is 3. The van der Waals surface area contributed by atoms with Gasteiger partial charge in [-0.25, -0.2) is 4.79 Å². The van der Waals surface area contributed by atoms with Crippen LogP contribution in [0.1, 0.15) is 44.2 Å². The molecule has 0 saturated carbocycles. The average Bonchev–Trinajstić information content (AvgIpc) is 2.90. The highest BCUT2D eigenvalue weighted by molar-refractivity contribution is 5.69. The van der Waals surface area contributed by atoms with Gasteiger partial charge < -0.3 is 25.0 Å². The van der Waals surface area contributed by atoms with Crippen LogP contribution in [0.5, 0.6) is 5.75 Å². The number of aliphatic hydroxyl groups excluding tert-OH is 2. The van der Waals surface area contributed by atoms with Gasteiger partial charge in [-0.2, -0.15) is 0 Å². The summed E-state index contributed by atoms with van der Waals surface area (Å²) >= 11 is 0. The fourth-order valence-corrected chi connectivity index (χ4v) is 2.98. The number of carbonyl (C=O) groups excluding carboxylic acids is 1. The molecule has 2 rings (SSSR count). The second-order valence-electron chi connectivity index (χ2n) is 6.87. The Morgan fingerprint density at radius 2 is 2.04 bits per heavy atom. The van der Waals surface area contributed by atoms with Gasteiger partial charge in [0.05, 0.1) is 19.3 Å². The second kappa shape index (κ2) is 6.76. The molecule has 1 heterocycles. The molecular weight excluding hydrogens is 298 g/mol. The molecule has 6 nitrogen and oxygen atoms in total. The lowest BCUT2D eigenvalue weighted by Gasteiger charge is -2.29. The highest BCUT2D eigenvalue weighted by Crippen LogP contribution is 2.36. The Morgan fingerprint density at radius 3 is 2.61 bits per heavy atom. The summed E-state index contributed by atoms with van der Waals surface area (Å²) in [6.45, 7) is 5.49. The molecule has 0 radical (unpaired) electrons. The van der Waals surface area contributed by atoms with Gasteiger partial charge in [-0.1, -0.05) is 6.07 Å². The summed E-state index contributed by atoms with van der Waals surface area (Å²) in [6.07, 6.45) is 0.264. The Morgan fingerprint density at radius 1 is 1.35 bits per heavy atom. The van der Waals surface area contributed by atoms with Crippen LogP contribution >= 0.6 is 0 Å². The summed E-state index contributed by atoms with van der Waals surface area (Å²) in [4.78, 5) is 13.9. The molecular formula is C17H25NO5. The van der Waals surface area contributed by atoms with Gasteiger partial charge in [-0.3, -0.25) is 0 Å². The smallest absolute Gasteiger partial charge is 0.410 e. The van der Waals surface area contributed by atoms with E-state index in [2.05, 4.69) is 0 Å². The number of carbonyl (C=O) groups is 1. The Hall–Kier alpha value is -1.79. The van der Waals surface area contributed by atoms with E-state index >= 15 is 0 Å². The van der Waals surface area contributed by atoms with Crippen LogP contribution in [-0.2, 0) is 11.3 Å². The largest absolute Gasteiger partial charge is 0.508 e. The Labute approximate surface area is 136 Å². The average molecular weight is 323 g/mol. The maximum Gasteiger partial charge on any atom is 0.410 e.